The SMILES string of the molecule is Cl.FC(F)(F)CCN1CCNCC1c1ccccc1Cl. The lowest BCUT2D eigenvalue weighted by atomic mass is 10.0. The summed E-state index contributed by atoms with van der Waals surface area (Å²) in [5.41, 5.74) is 0.888. The summed E-state index contributed by atoms with van der Waals surface area (Å²) in [6.45, 7) is 1.95. The van der Waals surface area contributed by atoms with Gasteiger partial charge in [0.25, 0.3) is 0 Å². The maximum absolute atomic E-state index is 12.4. The highest BCUT2D eigenvalue weighted by Crippen LogP contribution is 2.30. The first-order valence-electron chi connectivity index (χ1n) is 6.23. The van der Waals surface area contributed by atoms with Crippen LogP contribution in [-0.2, 0) is 0 Å². The van der Waals surface area contributed by atoms with Gasteiger partial charge in [-0.2, -0.15) is 13.2 Å². The molecule has 7 heteroatoms. The molecule has 1 fully saturated rings. The maximum Gasteiger partial charge on any atom is 0.390 e. The third-order valence-corrected chi connectivity index (χ3v) is 3.65. The number of alkyl halides is 3. The Balaban J connectivity index is 0.00000200. The number of hydrogen-bond donors (Lipinski definition) is 1. The minimum Gasteiger partial charge on any atom is -0.314 e. The number of halogens is 5. The predicted molar refractivity (Wildman–Crippen MR) is 76.6 cm³/mol. The van der Waals surface area contributed by atoms with Crippen molar-refractivity contribution in [1.29, 1.82) is 0 Å². The molecule has 1 aliphatic heterocycles. The van der Waals surface area contributed by atoms with Gasteiger partial charge in [0.1, 0.15) is 0 Å². The van der Waals surface area contributed by atoms with Crippen molar-refractivity contribution in [2.45, 2.75) is 18.6 Å². The summed E-state index contributed by atoms with van der Waals surface area (Å²) < 4.78 is 37.1. The average Bonchev–Trinajstić information content (AvgIpc) is 2.37. The molecule has 114 valence electrons. The van der Waals surface area contributed by atoms with E-state index in [1.165, 1.54) is 0 Å². The molecule has 0 aliphatic carbocycles. The van der Waals surface area contributed by atoms with Gasteiger partial charge in [0.2, 0.25) is 0 Å². The molecule has 1 atom stereocenters. The summed E-state index contributed by atoms with van der Waals surface area (Å²) in [6, 6.07) is 7.23. The van der Waals surface area contributed by atoms with Gasteiger partial charge >= 0.3 is 6.18 Å². The summed E-state index contributed by atoms with van der Waals surface area (Å²) in [6.07, 6.45) is -4.90. The Kier molecular flexibility index (Phi) is 6.58. The average molecular weight is 329 g/mol. The fourth-order valence-electron chi connectivity index (χ4n) is 2.34. The third kappa shape index (κ3) is 4.81. The molecule has 1 aromatic carbocycles. The molecule has 0 amide bonds. The van der Waals surface area contributed by atoms with E-state index in [0.717, 1.165) is 5.56 Å². The van der Waals surface area contributed by atoms with Gasteiger partial charge < -0.3 is 5.32 Å². The number of nitrogens with zero attached hydrogens (tertiary/aromatic N) is 1. The largest absolute Gasteiger partial charge is 0.390 e. The van der Waals surface area contributed by atoms with Gasteiger partial charge in [-0.1, -0.05) is 29.8 Å². The minimum atomic E-state index is -4.12. The number of nitrogens with one attached hydrogen (secondary N) is 1. The van der Waals surface area contributed by atoms with Crippen LogP contribution in [0.3, 0.4) is 0 Å². The van der Waals surface area contributed by atoms with E-state index in [4.69, 9.17) is 11.6 Å². The lowest BCUT2D eigenvalue weighted by molar-refractivity contribution is -0.139. The molecule has 1 heterocycles. The smallest absolute Gasteiger partial charge is 0.314 e. The molecular formula is C13H17Cl2F3N2. The molecular weight excluding hydrogens is 312 g/mol. The minimum absolute atomic E-state index is 0. The first-order valence-corrected chi connectivity index (χ1v) is 6.61. The molecule has 1 saturated heterocycles. The van der Waals surface area contributed by atoms with Crippen molar-refractivity contribution in [1.82, 2.24) is 10.2 Å². The molecule has 1 unspecified atom stereocenters. The highest BCUT2D eigenvalue weighted by atomic mass is 35.5. The van der Waals surface area contributed by atoms with Crippen molar-refractivity contribution in [2.24, 2.45) is 0 Å². The molecule has 2 rings (SSSR count). The fourth-order valence-corrected chi connectivity index (χ4v) is 2.60. The summed E-state index contributed by atoms with van der Waals surface area (Å²) in [5, 5.41) is 3.81. The van der Waals surface area contributed by atoms with Crippen LogP contribution in [0.25, 0.3) is 0 Å². The van der Waals surface area contributed by atoms with E-state index in [2.05, 4.69) is 5.32 Å². The highest BCUT2D eigenvalue weighted by Gasteiger charge is 2.31. The van der Waals surface area contributed by atoms with E-state index in [9.17, 15) is 13.2 Å². The van der Waals surface area contributed by atoms with Gasteiger partial charge in [-0.15, -0.1) is 12.4 Å². The van der Waals surface area contributed by atoms with Crippen molar-refractivity contribution >= 4 is 24.0 Å². The van der Waals surface area contributed by atoms with E-state index in [-0.39, 0.29) is 25.0 Å². The molecule has 1 aromatic rings. The Morgan fingerprint density at radius 1 is 1.30 bits per heavy atom. The van der Waals surface area contributed by atoms with Crippen molar-refractivity contribution < 1.29 is 13.2 Å². The zero-order valence-electron chi connectivity index (χ0n) is 10.8. The second kappa shape index (κ2) is 7.50. The quantitative estimate of drug-likeness (QED) is 0.910. The molecule has 0 radical (unpaired) electrons. The molecule has 1 N–H and O–H groups in total. The van der Waals surface area contributed by atoms with Crippen molar-refractivity contribution in [3.8, 4) is 0 Å². The van der Waals surface area contributed by atoms with E-state index in [1.807, 2.05) is 23.1 Å². The van der Waals surface area contributed by atoms with Crippen molar-refractivity contribution in [3.63, 3.8) is 0 Å². The fraction of sp³-hybridized carbons (Fsp3) is 0.538. The van der Waals surface area contributed by atoms with Crippen molar-refractivity contribution in [2.75, 3.05) is 26.2 Å². The van der Waals surface area contributed by atoms with E-state index < -0.39 is 12.6 Å². The molecule has 20 heavy (non-hydrogen) atoms. The molecule has 0 bridgehead atoms. The Morgan fingerprint density at radius 2 is 2.00 bits per heavy atom. The lowest BCUT2D eigenvalue weighted by Crippen LogP contribution is -2.47. The standard InChI is InChI=1S/C13H16ClF3N2.ClH/c14-11-4-2-1-3-10(11)12-9-18-6-8-19(12)7-5-13(15,16)17;/h1-4,12,18H,5-9H2;1H. The summed E-state index contributed by atoms with van der Waals surface area (Å²) in [4.78, 5) is 1.85. The molecule has 0 saturated carbocycles. The highest BCUT2D eigenvalue weighted by molar-refractivity contribution is 6.31. The first-order chi connectivity index (χ1) is 8.97. The molecule has 2 nitrogen and oxygen atoms in total. The monoisotopic (exact) mass is 328 g/mol. The number of rotatable bonds is 3. The number of piperazine rings is 1. The normalized spacial score (nSPS) is 20.5. The van der Waals surface area contributed by atoms with Crippen LogP contribution in [0.5, 0.6) is 0 Å². The van der Waals surface area contributed by atoms with E-state index >= 15 is 0 Å². The van der Waals surface area contributed by atoms with Crippen LogP contribution in [0.1, 0.15) is 18.0 Å². The van der Waals surface area contributed by atoms with Gasteiger partial charge in [-0.3, -0.25) is 4.90 Å². The van der Waals surface area contributed by atoms with Gasteiger partial charge in [-0.25, -0.2) is 0 Å². The van der Waals surface area contributed by atoms with Crippen LogP contribution < -0.4 is 5.32 Å². The zero-order chi connectivity index (χ0) is 13.9. The van der Waals surface area contributed by atoms with Gasteiger partial charge in [0, 0.05) is 37.2 Å². The summed E-state index contributed by atoms with van der Waals surface area (Å²) in [7, 11) is 0. The topological polar surface area (TPSA) is 15.3 Å². The predicted octanol–water partition coefficient (Wildman–Crippen LogP) is 3.66. The van der Waals surface area contributed by atoms with E-state index in [0.29, 0.717) is 24.7 Å². The molecule has 1 aliphatic rings. The number of hydrogen-bond acceptors (Lipinski definition) is 2. The van der Waals surface area contributed by atoms with Crippen LogP contribution in [0, 0.1) is 0 Å². The van der Waals surface area contributed by atoms with Crippen LogP contribution in [0.4, 0.5) is 13.2 Å². The number of benzene rings is 1. The van der Waals surface area contributed by atoms with Crippen LogP contribution in [0.15, 0.2) is 24.3 Å². The van der Waals surface area contributed by atoms with Crippen LogP contribution in [-0.4, -0.2) is 37.3 Å². The Morgan fingerprint density at radius 3 is 2.65 bits per heavy atom. The van der Waals surface area contributed by atoms with Gasteiger partial charge in [0.15, 0.2) is 0 Å². The Hall–Kier alpha value is -0.490. The van der Waals surface area contributed by atoms with Gasteiger partial charge in [0.05, 0.1) is 6.42 Å². The molecule has 0 spiro atoms. The lowest BCUT2D eigenvalue weighted by Gasteiger charge is -2.37. The summed E-state index contributed by atoms with van der Waals surface area (Å²) in [5.74, 6) is 0. The first kappa shape index (κ1) is 17.6. The maximum atomic E-state index is 12.4. The summed E-state index contributed by atoms with van der Waals surface area (Å²) >= 11 is 6.14. The van der Waals surface area contributed by atoms with Crippen LogP contribution in [0.2, 0.25) is 5.02 Å². The van der Waals surface area contributed by atoms with E-state index in [1.54, 1.807) is 6.07 Å². The molecule has 0 aromatic heterocycles. The second-order valence-electron chi connectivity index (χ2n) is 4.64. The zero-order valence-corrected chi connectivity index (χ0v) is 12.4. The van der Waals surface area contributed by atoms with Gasteiger partial charge in [-0.05, 0) is 11.6 Å². The third-order valence-electron chi connectivity index (χ3n) is 3.30. The second-order valence-corrected chi connectivity index (χ2v) is 5.05. The Labute approximate surface area is 127 Å². The Bertz CT molecular complexity index is 426. The van der Waals surface area contributed by atoms with Crippen LogP contribution >= 0.6 is 24.0 Å². The van der Waals surface area contributed by atoms with Crippen molar-refractivity contribution in [3.05, 3.63) is 34.9 Å².